The van der Waals surface area contributed by atoms with Gasteiger partial charge in [-0.1, -0.05) is 23.2 Å². The van der Waals surface area contributed by atoms with Gasteiger partial charge < -0.3 is 5.11 Å². The Labute approximate surface area is 110 Å². The molecule has 0 unspecified atom stereocenters. The van der Waals surface area contributed by atoms with E-state index >= 15 is 0 Å². The molecule has 1 saturated heterocycles. The molecular formula is C11H13Cl2NOS. The molecule has 0 aliphatic carbocycles. The van der Waals surface area contributed by atoms with E-state index in [9.17, 15) is 0 Å². The van der Waals surface area contributed by atoms with Gasteiger partial charge in [0.25, 0.3) is 0 Å². The average molecular weight is 278 g/mol. The number of hydrogen-bond acceptors (Lipinski definition) is 3. The van der Waals surface area contributed by atoms with Gasteiger partial charge in [-0.25, -0.2) is 0 Å². The summed E-state index contributed by atoms with van der Waals surface area (Å²) >= 11 is 13.7. The Morgan fingerprint density at radius 2 is 2.12 bits per heavy atom. The van der Waals surface area contributed by atoms with Crippen LogP contribution < -0.4 is 0 Å². The molecule has 0 atom stereocenters. The van der Waals surface area contributed by atoms with Crippen LogP contribution in [0.5, 0.6) is 0 Å². The van der Waals surface area contributed by atoms with Gasteiger partial charge in [0.05, 0.1) is 11.1 Å². The van der Waals surface area contributed by atoms with Crippen LogP contribution in [0.4, 0.5) is 0 Å². The van der Waals surface area contributed by atoms with Crippen molar-refractivity contribution in [1.82, 2.24) is 4.90 Å². The maximum absolute atomic E-state index is 9.13. The summed E-state index contributed by atoms with van der Waals surface area (Å²) in [4.78, 5) is 3.24. The lowest BCUT2D eigenvalue weighted by molar-refractivity contribution is 0.00648. The number of aliphatic hydroxyl groups excluding tert-OH is 1. The number of thioether (sulfide) groups is 1. The standard InChI is InChI=1S/C11H13Cl2NOS/c12-8-1-2-10(13)11(5-8)16-4-3-14-6-9(15)7-14/h1-2,5,9,15H,3-4,6-7H2. The second kappa shape index (κ2) is 5.61. The quantitative estimate of drug-likeness (QED) is 0.857. The van der Waals surface area contributed by atoms with Gasteiger partial charge in [0.1, 0.15) is 0 Å². The highest BCUT2D eigenvalue weighted by atomic mass is 35.5. The summed E-state index contributed by atoms with van der Waals surface area (Å²) in [5, 5.41) is 10.6. The number of likely N-dealkylation sites (tertiary alicyclic amines) is 1. The third-order valence-electron chi connectivity index (χ3n) is 2.50. The van der Waals surface area contributed by atoms with E-state index in [1.165, 1.54) is 0 Å². The van der Waals surface area contributed by atoms with Gasteiger partial charge >= 0.3 is 0 Å². The number of aliphatic hydroxyl groups is 1. The van der Waals surface area contributed by atoms with Crippen molar-refractivity contribution < 1.29 is 5.11 Å². The number of benzene rings is 1. The van der Waals surface area contributed by atoms with Gasteiger partial charge in [-0.2, -0.15) is 0 Å². The number of rotatable bonds is 4. The normalized spacial score (nSPS) is 17.4. The van der Waals surface area contributed by atoms with Gasteiger partial charge in [-0.3, -0.25) is 4.90 Å². The molecule has 1 heterocycles. The van der Waals surface area contributed by atoms with Crippen LogP contribution in [0.2, 0.25) is 10.0 Å². The number of halogens is 2. The summed E-state index contributed by atoms with van der Waals surface area (Å²) in [5.41, 5.74) is 0. The minimum Gasteiger partial charge on any atom is -0.390 e. The van der Waals surface area contributed by atoms with Gasteiger partial charge in [0, 0.05) is 35.3 Å². The molecule has 0 saturated carbocycles. The van der Waals surface area contributed by atoms with Crippen LogP contribution in [0, 0.1) is 0 Å². The molecule has 1 fully saturated rings. The maximum Gasteiger partial charge on any atom is 0.0793 e. The van der Waals surface area contributed by atoms with E-state index in [1.54, 1.807) is 17.8 Å². The van der Waals surface area contributed by atoms with Gasteiger partial charge in [-0.05, 0) is 18.2 Å². The molecule has 0 bridgehead atoms. The molecule has 0 radical (unpaired) electrons. The molecule has 1 aromatic rings. The molecule has 16 heavy (non-hydrogen) atoms. The van der Waals surface area contributed by atoms with Crippen LogP contribution >= 0.6 is 35.0 Å². The van der Waals surface area contributed by atoms with Crippen molar-refractivity contribution >= 4 is 35.0 Å². The molecule has 1 aliphatic rings. The van der Waals surface area contributed by atoms with Crippen molar-refractivity contribution in [2.75, 3.05) is 25.4 Å². The first-order valence-electron chi connectivity index (χ1n) is 5.13. The highest BCUT2D eigenvalue weighted by molar-refractivity contribution is 7.99. The first-order chi connectivity index (χ1) is 7.65. The summed E-state index contributed by atoms with van der Waals surface area (Å²) in [6, 6.07) is 5.50. The second-order valence-corrected chi connectivity index (χ2v) is 5.82. The number of β-amino-alcohol motifs (C(OH)–C–C–N with tert-alkyl or cyclic N) is 1. The highest BCUT2D eigenvalue weighted by Crippen LogP contribution is 2.29. The summed E-state index contributed by atoms with van der Waals surface area (Å²) in [6.45, 7) is 2.57. The van der Waals surface area contributed by atoms with E-state index in [1.807, 2.05) is 12.1 Å². The third-order valence-corrected chi connectivity index (χ3v) is 4.21. The molecule has 2 nitrogen and oxygen atoms in total. The van der Waals surface area contributed by atoms with Crippen molar-refractivity contribution in [2.24, 2.45) is 0 Å². The van der Waals surface area contributed by atoms with E-state index in [0.717, 1.165) is 35.3 Å². The second-order valence-electron chi connectivity index (χ2n) is 3.84. The Bertz CT molecular complexity index is 369. The Kier molecular flexibility index (Phi) is 4.39. The minimum atomic E-state index is -0.125. The van der Waals surface area contributed by atoms with Crippen LogP contribution in [-0.2, 0) is 0 Å². The zero-order valence-electron chi connectivity index (χ0n) is 8.70. The van der Waals surface area contributed by atoms with Crippen LogP contribution in [0.1, 0.15) is 0 Å². The first kappa shape index (κ1) is 12.5. The molecule has 1 aromatic carbocycles. The fourth-order valence-corrected chi connectivity index (χ4v) is 3.10. The van der Waals surface area contributed by atoms with E-state index in [2.05, 4.69) is 4.90 Å². The van der Waals surface area contributed by atoms with Crippen molar-refractivity contribution in [1.29, 1.82) is 0 Å². The van der Waals surface area contributed by atoms with Gasteiger partial charge in [-0.15, -0.1) is 11.8 Å². The Morgan fingerprint density at radius 3 is 2.81 bits per heavy atom. The molecule has 5 heteroatoms. The molecule has 0 spiro atoms. The molecule has 88 valence electrons. The maximum atomic E-state index is 9.13. The fourth-order valence-electron chi connectivity index (χ4n) is 1.60. The Hall–Kier alpha value is 0.0700. The van der Waals surface area contributed by atoms with Gasteiger partial charge in [0.15, 0.2) is 0 Å². The molecule has 1 N–H and O–H groups in total. The molecule has 0 aromatic heterocycles. The van der Waals surface area contributed by atoms with Crippen LogP contribution in [0.15, 0.2) is 23.1 Å². The van der Waals surface area contributed by atoms with E-state index in [4.69, 9.17) is 28.3 Å². The molecule has 0 amide bonds. The van der Waals surface area contributed by atoms with Crippen LogP contribution in [0.25, 0.3) is 0 Å². The lowest BCUT2D eigenvalue weighted by atomic mass is 10.2. The predicted molar refractivity (Wildman–Crippen MR) is 69.6 cm³/mol. The van der Waals surface area contributed by atoms with Crippen molar-refractivity contribution in [3.63, 3.8) is 0 Å². The van der Waals surface area contributed by atoms with Crippen LogP contribution in [0.3, 0.4) is 0 Å². The number of hydrogen-bond donors (Lipinski definition) is 1. The molecule has 2 rings (SSSR count). The first-order valence-corrected chi connectivity index (χ1v) is 6.87. The Balaban J connectivity index is 1.78. The van der Waals surface area contributed by atoms with E-state index in [-0.39, 0.29) is 6.10 Å². The van der Waals surface area contributed by atoms with Crippen molar-refractivity contribution in [3.8, 4) is 0 Å². The zero-order valence-corrected chi connectivity index (χ0v) is 11.0. The third kappa shape index (κ3) is 3.28. The zero-order chi connectivity index (χ0) is 11.5. The lowest BCUT2D eigenvalue weighted by Crippen LogP contribution is -2.51. The van der Waals surface area contributed by atoms with E-state index < -0.39 is 0 Å². The predicted octanol–water partition coefficient (Wildman–Crippen LogP) is 2.76. The topological polar surface area (TPSA) is 23.5 Å². The smallest absolute Gasteiger partial charge is 0.0793 e. The Morgan fingerprint density at radius 1 is 1.38 bits per heavy atom. The fraction of sp³-hybridized carbons (Fsp3) is 0.455. The average Bonchev–Trinajstić information content (AvgIpc) is 2.20. The lowest BCUT2D eigenvalue weighted by Gasteiger charge is -2.35. The summed E-state index contributed by atoms with van der Waals surface area (Å²) < 4.78 is 0. The largest absolute Gasteiger partial charge is 0.390 e. The SMILES string of the molecule is OC1CN(CCSc2cc(Cl)ccc2Cl)C1. The highest BCUT2D eigenvalue weighted by Gasteiger charge is 2.23. The summed E-state index contributed by atoms with van der Waals surface area (Å²) in [5.74, 6) is 0.965. The summed E-state index contributed by atoms with van der Waals surface area (Å²) in [6.07, 6.45) is -0.125. The number of nitrogens with zero attached hydrogens (tertiary/aromatic N) is 1. The molecular weight excluding hydrogens is 265 g/mol. The van der Waals surface area contributed by atoms with E-state index in [0.29, 0.717) is 5.02 Å². The van der Waals surface area contributed by atoms with Crippen molar-refractivity contribution in [3.05, 3.63) is 28.2 Å². The minimum absolute atomic E-state index is 0.125. The monoisotopic (exact) mass is 277 g/mol. The molecule has 1 aliphatic heterocycles. The van der Waals surface area contributed by atoms with Gasteiger partial charge in [0.2, 0.25) is 0 Å². The summed E-state index contributed by atoms with van der Waals surface area (Å²) in [7, 11) is 0. The van der Waals surface area contributed by atoms with Crippen LogP contribution in [-0.4, -0.2) is 41.5 Å². The van der Waals surface area contributed by atoms with Crippen molar-refractivity contribution in [2.45, 2.75) is 11.0 Å².